The first-order chi connectivity index (χ1) is 20.0. The quantitative estimate of drug-likeness (QED) is 0.172. The van der Waals surface area contributed by atoms with Crippen molar-refractivity contribution in [1.82, 2.24) is 0 Å². The fraction of sp³-hybridized carbons (Fsp3) is 0.0968. The number of aryl methyl sites for hydroxylation is 2. The third-order valence-electron chi connectivity index (χ3n) is 6.43. The molecule has 0 fully saturated rings. The molecule has 11 heteroatoms. The van der Waals surface area contributed by atoms with Gasteiger partial charge < -0.3 is 9.15 Å². The molecule has 0 spiro atoms. The van der Waals surface area contributed by atoms with E-state index in [1.54, 1.807) is 62.4 Å². The third kappa shape index (κ3) is 5.69. The molecule has 0 N–H and O–H groups in total. The lowest BCUT2D eigenvalue weighted by atomic mass is 10.1. The molecule has 1 heterocycles. The fourth-order valence-electron chi connectivity index (χ4n) is 4.19. The highest BCUT2D eigenvalue weighted by Gasteiger charge is 2.37. The standard InChI is InChI=1S/C31H25NO8S2/c1-21-8-13-26(14-9-21)41(35,36)32(42(37,38)27-15-10-22(2)11-16-27)25-12-17-29-24(18-25)19-28(31(34)40-29)30(33)39-20-23-6-4-3-5-7-23/h3-19H,20H2,1-2H3. The number of esters is 1. The van der Waals surface area contributed by atoms with Crippen LogP contribution in [0.4, 0.5) is 5.69 Å². The molecule has 9 nitrogen and oxygen atoms in total. The largest absolute Gasteiger partial charge is 0.457 e. The van der Waals surface area contributed by atoms with E-state index in [-0.39, 0.29) is 33.1 Å². The Bertz CT molecular complexity index is 1980. The molecule has 4 aromatic carbocycles. The summed E-state index contributed by atoms with van der Waals surface area (Å²) in [4.78, 5) is 24.9. The van der Waals surface area contributed by atoms with Gasteiger partial charge in [0.25, 0.3) is 20.0 Å². The molecule has 0 unspecified atom stereocenters. The summed E-state index contributed by atoms with van der Waals surface area (Å²) in [7, 11) is -9.34. The first kappa shape index (κ1) is 28.8. The highest BCUT2D eigenvalue weighted by atomic mass is 32.3. The average Bonchev–Trinajstić information content (AvgIpc) is 2.96. The van der Waals surface area contributed by atoms with Crippen molar-refractivity contribution in [2.24, 2.45) is 0 Å². The number of fused-ring (bicyclic) bond motifs is 1. The van der Waals surface area contributed by atoms with Crippen molar-refractivity contribution in [2.75, 3.05) is 3.71 Å². The molecule has 0 aliphatic carbocycles. The zero-order valence-electron chi connectivity index (χ0n) is 22.6. The SMILES string of the molecule is Cc1ccc(S(=O)(=O)N(c2ccc3oc(=O)c(C(=O)OCc4ccccc4)cc3c2)S(=O)(=O)c2ccc(C)cc2)cc1. The summed E-state index contributed by atoms with van der Waals surface area (Å²) >= 11 is 0. The van der Waals surface area contributed by atoms with E-state index in [0.29, 0.717) is 9.27 Å². The van der Waals surface area contributed by atoms with Gasteiger partial charge in [0.1, 0.15) is 17.8 Å². The number of hydrogen-bond acceptors (Lipinski definition) is 8. The zero-order chi connectivity index (χ0) is 30.1. The first-order valence-electron chi connectivity index (χ1n) is 12.7. The fourth-order valence-corrected chi connectivity index (χ4v) is 7.86. The van der Waals surface area contributed by atoms with Gasteiger partial charge >= 0.3 is 11.6 Å². The van der Waals surface area contributed by atoms with Gasteiger partial charge in [-0.05, 0) is 67.9 Å². The van der Waals surface area contributed by atoms with Gasteiger partial charge in [-0.2, -0.15) is 3.71 Å². The maximum absolute atomic E-state index is 13.9. The van der Waals surface area contributed by atoms with Crippen LogP contribution in [0.25, 0.3) is 11.0 Å². The molecule has 0 radical (unpaired) electrons. The van der Waals surface area contributed by atoms with Crippen molar-refractivity contribution in [3.63, 3.8) is 0 Å². The number of nitrogens with zero attached hydrogens (tertiary/aromatic N) is 1. The van der Waals surface area contributed by atoms with Crippen LogP contribution in [-0.4, -0.2) is 22.8 Å². The third-order valence-corrected chi connectivity index (χ3v) is 10.6. The molecule has 5 aromatic rings. The first-order valence-corrected chi connectivity index (χ1v) is 15.6. The van der Waals surface area contributed by atoms with Crippen LogP contribution in [0.15, 0.2) is 122 Å². The van der Waals surface area contributed by atoms with Crippen LogP contribution >= 0.6 is 0 Å². The van der Waals surface area contributed by atoms with Gasteiger partial charge in [0.05, 0.1) is 15.5 Å². The normalized spacial score (nSPS) is 11.8. The molecule has 5 rings (SSSR count). The molecular weight excluding hydrogens is 578 g/mol. The average molecular weight is 604 g/mol. The summed E-state index contributed by atoms with van der Waals surface area (Å²) in [6.45, 7) is 3.46. The summed E-state index contributed by atoms with van der Waals surface area (Å²) in [5.41, 5.74) is 0.666. The van der Waals surface area contributed by atoms with Crippen molar-refractivity contribution in [2.45, 2.75) is 30.2 Å². The minimum absolute atomic E-state index is 0.0174. The van der Waals surface area contributed by atoms with E-state index in [1.165, 1.54) is 48.5 Å². The topological polar surface area (TPSA) is 128 Å². The molecule has 0 bridgehead atoms. The second-order valence-electron chi connectivity index (χ2n) is 9.56. The summed E-state index contributed by atoms with van der Waals surface area (Å²) in [6, 6.07) is 25.3. The second-order valence-corrected chi connectivity index (χ2v) is 13.4. The highest BCUT2D eigenvalue weighted by molar-refractivity contribution is 8.10. The lowest BCUT2D eigenvalue weighted by Gasteiger charge is -2.24. The molecular formula is C31H25NO8S2. The van der Waals surface area contributed by atoms with E-state index < -0.39 is 37.2 Å². The van der Waals surface area contributed by atoms with Crippen LogP contribution in [0.1, 0.15) is 27.0 Å². The molecule has 42 heavy (non-hydrogen) atoms. The maximum atomic E-state index is 13.9. The van der Waals surface area contributed by atoms with E-state index >= 15 is 0 Å². The van der Waals surface area contributed by atoms with Crippen LogP contribution in [0, 0.1) is 13.8 Å². The number of carbonyl (C=O) groups is 1. The summed E-state index contributed by atoms with van der Waals surface area (Å²) in [6.07, 6.45) is 0. The van der Waals surface area contributed by atoms with Crippen LogP contribution in [0.2, 0.25) is 0 Å². The lowest BCUT2D eigenvalue weighted by molar-refractivity contribution is 0.0468. The Balaban J connectivity index is 1.62. The van der Waals surface area contributed by atoms with Crippen LogP contribution in [0.5, 0.6) is 0 Å². The van der Waals surface area contributed by atoms with Gasteiger partial charge in [-0.1, -0.05) is 65.7 Å². The van der Waals surface area contributed by atoms with Gasteiger partial charge in [-0.15, -0.1) is 0 Å². The van der Waals surface area contributed by atoms with Gasteiger partial charge in [0.15, 0.2) is 0 Å². The molecule has 0 saturated heterocycles. The van der Waals surface area contributed by atoms with E-state index in [2.05, 4.69) is 0 Å². The van der Waals surface area contributed by atoms with Crippen molar-refractivity contribution in [1.29, 1.82) is 0 Å². The van der Waals surface area contributed by atoms with E-state index in [9.17, 15) is 26.4 Å². The molecule has 0 aliphatic rings. The van der Waals surface area contributed by atoms with Crippen LogP contribution in [0.3, 0.4) is 0 Å². The molecule has 0 amide bonds. The van der Waals surface area contributed by atoms with E-state index in [4.69, 9.17) is 9.15 Å². The molecule has 0 saturated carbocycles. The van der Waals surface area contributed by atoms with Gasteiger partial charge in [-0.3, -0.25) is 0 Å². The predicted octanol–water partition coefficient (Wildman–Crippen LogP) is 5.35. The van der Waals surface area contributed by atoms with Gasteiger partial charge in [-0.25, -0.2) is 26.4 Å². The Morgan fingerprint density at radius 3 is 1.83 bits per heavy atom. The van der Waals surface area contributed by atoms with Gasteiger partial charge in [0.2, 0.25) is 0 Å². The molecule has 214 valence electrons. The van der Waals surface area contributed by atoms with Crippen LogP contribution in [-0.2, 0) is 31.4 Å². The summed E-state index contributed by atoms with van der Waals surface area (Å²) in [5.74, 6) is -0.948. The Hall–Kier alpha value is -4.74. The number of benzene rings is 4. The van der Waals surface area contributed by atoms with Gasteiger partial charge in [0, 0.05) is 5.39 Å². The zero-order valence-corrected chi connectivity index (χ0v) is 24.2. The molecule has 1 aromatic heterocycles. The molecule has 0 atom stereocenters. The minimum Gasteiger partial charge on any atom is -0.457 e. The Kier molecular flexibility index (Phi) is 7.72. The Morgan fingerprint density at radius 2 is 1.29 bits per heavy atom. The summed E-state index contributed by atoms with van der Waals surface area (Å²) < 4.78 is 66.6. The van der Waals surface area contributed by atoms with Crippen molar-refractivity contribution >= 4 is 42.7 Å². The number of ether oxygens (including phenoxy) is 1. The van der Waals surface area contributed by atoms with Crippen molar-refractivity contribution in [3.05, 3.63) is 136 Å². The summed E-state index contributed by atoms with van der Waals surface area (Å²) in [5, 5.41) is 0.113. The number of anilines is 1. The Labute approximate surface area is 242 Å². The smallest absolute Gasteiger partial charge is 0.351 e. The monoisotopic (exact) mass is 603 g/mol. The maximum Gasteiger partial charge on any atom is 0.351 e. The second kappa shape index (κ2) is 11.3. The van der Waals surface area contributed by atoms with Crippen LogP contribution < -0.4 is 9.34 Å². The predicted molar refractivity (Wildman–Crippen MR) is 157 cm³/mol. The van der Waals surface area contributed by atoms with E-state index in [1.807, 2.05) is 6.07 Å². The van der Waals surface area contributed by atoms with Crippen molar-refractivity contribution in [3.8, 4) is 0 Å². The number of hydrogen-bond donors (Lipinski definition) is 0. The number of rotatable bonds is 8. The lowest BCUT2D eigenvalue weighted by Crippen LogP contribution is -2.37. The number of carbonyl (C=O) groups excluding carboxylic acids is 1. The van der Waals surface area contributed by atoms with E-state index in [0.717, 1.165) is 11.1 Å². The highest BCUT2D eigenvalue weighted by Crippen LogP contribution is 2.33. The van der Waals surface area contributed by atoms with Crippen molar-refractivity contribution < 1.29 is 30.8 Å². The Morgan fingerprint density at radius 1 is 0.738 bits per heavy atom. The minimum atomic E-state index is -4.67. The number of sulfonamides is 2. The molecule has 0 aliphatic heterocycles.